The molecule has 5 nitrogen and oxygen atoms in total. The van der Waals surface area contributed by atoms with Gasteiger partial charge in [0, 0.05) is 37.0 Å². The smallest absolute Gasteiger partial charge is 0.287 e. The Morgan fingerprint density at radius 2 is 2.29 bits per heavy atom. The molecule has 0 spiro atoms. The highest BCUT2D eigenvalue weighted by atomic mass is 32.1. The summed E-state index contributed by atoms with van der Waals surface area (Å²) < 4.78 is 5.17. The highest BCUT2D eigenvalue weighted by molar-refractivity contribution is 7.13. The molecule has 0 atom stereocenters. The fourth-order valence-electron chi connectivity index (χ4n) is 2.45. The second kappa shape index (κ2) is 6.30. The lowest BCUT2D eigenvalue weighted by Crippen LogP contribution is -2.26. The van der Waals surface area contributed by atoms with Crippen LogP contribution >= 0.6 is 11.3 Å². The van der Waals surface area contributed by atoms with E-state index in [1.54, 1.807) is 17.4 Å². The van der Waals surface area contributed by atoms with Crippen LogP contribution in [-0.4, -0.2) is 30.5 Å². The molecule has 112 valence electrons. The van der Waals surface area contributed by atoms with Gasteiger partial charge in [0.15, 0.2) is 10.9 Å². The average molecular weight is 305 g/mol. The van der Waals surface area contributed by atoms with Gasteiger partial charge in [-0.3, -0.25) is 4.79 Å². The maximum absolute atomic E-state index is 11.9. The summed E-state index contributed by atoms with van der Waals surface area (Å²) in [5, 5.41) is 6.06. The minimum absolute atomic E-state index is 0.160. The third kappa shape index (κ3) is 3.26. The first-order valence-corrected chi connectivity index (χ1v) is 8.13. The normalized spacial score (nSPS) is 14.6. The third-order valence-corrected chi connectivity index (χ3v) is 4.60. The number of aromatic nitrogens is 1. The van der Waals surface area contributed by atoms with Crippen molar-refractivity contribution in [2.24, 2.45) is 0 Å². The number of hydrogen-bond donors (Lipinski definition) is 1. The van der Waals surface area contributed by atoms with Gasteiger partial charge in [0.05, 0.1) is 12.0 Å². The average Bonchev–Trinajstić information content (AvgIpc) is 3.19. The van der Waals surface area contributed by atoms with E-state index >= 15 is 0 Å². The molecule has 3 rings (SSSR count). The zero-order chi connectivity index (χ0) is 14.7. The quantitative estimate of drug-likeness (QED) is 0.922. The molecule has 2 aromatic heterocycles. The van der Waals surface area contributed by atoms with Crippen LogP contribution in [0.15, 0.2) is 22.1 Å². The van der Waals surface area contributed by atoms with Crippen molar-refractivity contribution in [2.75, 3.05) is 24.5 Å². The molecule has 3 heterocycles. The minimum atomic E-state index is -0.160. The molecule has 1 amide bonds. The van der Waals surface area contributed by atoms with Crippen molar-refractivity contribution in [2.45, 2.75) is 26.2 Å². The van der Waals surface area contributed by atoms with Crippen molar-refractivity contribution in [3.05, 3.63) is 34.7 Å². The summed E-state index contributed by atoms with van der Waals surface area (Å²) in [4.78, 5) is 18.9. The fourth-order valence-corrected chi connectivity index (χ4v) is 3.37. The van der Waals surface area contributed by atoms with Crippen molar-refractivity contribution in [1.29, 1.82) is 0 Å². The van der Waals surface area contributed by atoms with Gasteiger partial charge in [-0.25, -0.2) is 4.98 Å². The second-order valence-corrected chi connectivity index (χ2v) is 6.09. The zero-order valence-electron chi connectivity index (χ0n) is 12.1. The number of nitrogens with zero attached hydrogens (tertiary/aromatic N) is 2. The number of amides is 1. The Morgan fingerprint density at radius 1 is 1.48 bits per heavy atom. The van der Waals surface area contributed by atoms with E-state index in [9.17, 15) is 4.79 Å². The Balaban J connectivity index is 1.49. The number of carbonyl (C=O) groups excluding carboxylic acids is 1. The van der Waals surface area contributed by atoms with Gasteiger partial charge in [-0.15, -0.1) is 11.3 Å². The van der Waals surface area contributed by atoms with E-state index in [0.717, 1.165) is 35.9 Å². The summed E-state index contributed by atoms with van der Waals surface area (Å²) in [6, 6.07) is 1.79. The number of nitrogens with one attached hydrogen (secondary N) is 1. The summed E-state index contributed by atoms with van der Waals surface area (Å²) in [5.74, 6) is 0.235. The van der Waals surface area contributed by atoms with Crippen molar-refractivity contribution in [1.82, 2.24) is 10.3 Å². The third-order valence-electron chi connectivity index (χ3n) is 3.65. The Morgan fingerprint density at radius 3 is 3.00 bits per heavy atom. The summed E-state index contributed by atoms with van der Waals surface area (Å²) in [6.07, 6.45) is 4.80. The Hall–Kier alpha value is -1.82. The van der Waals surface area contributed by atoms with E-state index in [1.165, 1.54) is 19.1 Å². The van der Waals surface area contributed by atoms with E-state index in [4.69, 9.17) is 4.42 Å². The first-order valence-electron chi connectivity index (χ1n) is 7.25. The summed E-state index contributed by atoms with van der Waals surface area (Å²) in [5.41, 5.74) is 1.90. The molecule has 0 unspecified atom stereocenters. The van der Waals surface area contributed by atoms with Gasteiger partial charge < -0.3 is 14.6 Å². The van der Waals surface area contributed by atoms with Crippen LogP contribution in [0.3, 0.4) is 0 Å². The summed E-state index contributed by atoms with van der Waals surface area (Å²) in [6.45, 7) is 4.66. The first-order chi connectivity index (χ1) is 10.2. The van der Waals surface area contributed by atoms with Gasteiger partial charge in [-0.2, -0.15) is 0 Å². The molecule has 0 saturated carbocycles. The molecular weight excluding hydrogens is 286 g/mol. The minimum Gasteiger partial charge on any atom is -0.459 e. The molecule has 0 aliphatic carbocycles. The van der Waals surface area contributed by atoms with Gasteiger partial charge >= 0.3 is 0 Å². The highest BCUT2D eigenvalue weighted by Crippen LogP contribution is 2.24. The van der Waals surface area contributed by atoms with Crippen LogP contribution in [-0.2, 0) is 6.42 Å². The van der Waals surface area contributed by atoms with Crippen LogP contribution < -0.4 is 10.2 Å². The fraction of sp³-hybridized carbons (Fsp3) is 0.467. The van der Waals surface area contributed by atoms with E-state index in [1.807, 2.05) is 6.92 Å². The lowest BCUT2D eigenvalue weighted by atomic mass is 10.2. The molecular formula is C15H19N3O2S. The molecule has 21 heavy (non-hydrogen) atoms. The molecule has 0 aromatic carbocycles. The molecule has 1 aliphatic heterocycles. The van der Waals surface area contributed by atoms with Gasteiger partial charge in [0.1, 0.15) is 0 Å². The van der Waals surface area contributed by atoms with Crippen LogP contribution in [0.25, 0.3) is 0 Å². The summed E-state index contributed by atoms with van der Waals surface area (Å²) >= 11 is 1.69. The molecule has 0 bridgehead atoms. The van der Waals surface area contributed by atoms with Crippen LogP contribution in [0, 0.1) is 6.92 Å². The lowest BCUT2D eigenvalue weighted by molar-refractivity contribution is 0.0925. The van der Waals surface area contributed by atoms with Crippen LogP contribution in [0.5, 0.6) is 0 Å². The summed E-state index contributed by atoms with van der Waals surface area (Å²) in [7, 11) is 0. The van der Waals surface area contributed by atoms with Crippen LogP contribution in [0.2, 0.25) is 0 Å². The number of hydrogen-bond acceptors (Lipinski definition) is 5. The molecule has 2 aromatic rings. The largest absolute Gasteiger partial charge is 0.459 e. The molecule has 0 radical (unpaired) electrons. The van der Waals surface area contributed by atoms with Crippen molar-refractivity contribution in [3.63, 3.8) is 0 Å². The van der Waals surface area contributed by atoms with Crippen molar-refractivity contribution >= 4 is 22.4 Å². The molecule has 1 aliphatic rings. The second-order valence-electron chi connectivity index (χ2n) is 5.25. The highest BCUT2D eigenvalue weighted by Gasteiger charge is 2.16. The predicted octanol–water partition coefficient (Wildman–Crippen LogP) is 2.62. The number of furan rings is 1. The van der Waals surface area contributed by atoms with E-state index < -0.39 is 0 Å². The topological polar surface area (TPSA) is 58.4 Å². The molecule has 1 fully saturated rings. The first kappa shape index (κ1) is 14.1. The molecule has 1 saturated heterocycles. The van der Waals surface area contributed by atoms with E-state index in [2.05, 4.69) is 20.6 Å². The Kier molecular flexibility index (Phi) is 4.24. The predicted molar refractivity (Wildman–Crippen MR) is 83.0 cm³/mol. The maximum atomic E-state index is 11.9. The molecule has 1 N–H and O–H groups in total. The molecule has 6 heteroatoms. The van der Waals surface area contributed by atoms with Gasteiger partial charge in [0.25, 0.3) is 5.91 Å². The Labute approximate surface area is 128 Å². The maximum Gasteiger partial charge on any atom is 0.287 e. The zero-order valence-corrected chi connectivity index (χ0v) is 12.9. The Bertz CT molecular complexity index is 614. The van der Waals surface area contributed by atoms with Gasteiger partial charge in [0.2, 0.25) is 0 Å². The standard InChI is InChI=1S/C15H19N3O2S/c1-11-5-9-20-13(11)14(19)16-6-4-12-10-21-15(17-12)18-7-2-3-8-18/h5,9-10H,2-4,6-8H2,1H3,(H,16,19). The van der Waals surface area contributed by atoms with E-state index in [0.29, 0.717) is 12.3 Å². The van der Waals surface area contributed by atoms with Crippen LogP contribution in [0.1, 0.15) is 34.7 Å². The monoisotopic (exact) mass is 305 g/mol. The van der Waals surface area contributed by atoms with Crippen LogP contribution in [0.4, 0.5) is 5.13 Å². The van der Waals surface area contributed by atoms with Crippen molar-refractivity contribution < 1.29 is 9.21 Å². The lowest BCUT2D eigenvalue weighted by Gasteiger charge is -2.12. The number of thiazole rings is 1. The van der Waals surface area contributed by atoms with Gasteiger partial charge in [-0.1, -0.05) is 0 Å². The number of anilines is 1. The van der Waals surface area contributed by atoms with Crippen molar-refractivity contribution in [3.8, 4) is 0 Å². The number of aryl methyl sites for hydroxylation is 1. The number of rotatable bonds is 5. The number of carbonyl (C=O) groups is 1. The van der Waals surface area contributed by atoms with E-state index in [-0.39, 0.29) is 5.91 Å². The van der Waals surface area contributed by atoms with Gasteiger partial charge in [-0.05, 0) is 25.8 Å². The SMILES string of the molecule is Cc1ccoc1C(=O)NCCc1csc(N2CCCC2)n1.